The number of alkyl halides is 3. The maximum absolute atomic E-state index is 12.5. The van der Waals surface area contributed by atoms with Crippen LogP contribution in [0.2, 0.25) is 0 Å². The number of ether oxygens (including phenoxy) is 1. The number of anilines is 1. The molecule has 30 heavy (non-hydrogen) atoms. The summed E-state index contributed by atoms with van der Waals surface area (Å²) >= 11 is 2.31. The van der Waals surface area contributed by atoms with Gasteiger partial charge < -0.3 is 10.1 Å². The van der Waals surface area contributed by atoms with Gasteiger partial charge in [-0.25, -0.2) is 0 Å². The zero-order chi connectivity index (χ0) is 21.1. The summed E-state index contributed by atoms with van der Waals surface area (Å²) in [6.07, 6.45) is -4.69. The molecule has 1 aliphatic heterocycles. The molecule has 0 aromatic heterocycles. The lowest BCUT2D eigenvalue weighted by molar-refractivity contribution is -0.274. The van der Waals surface area contributed by atoms with Crippen molar-refractivity contribution in [3.05, 3.63) is 93.1 Å². The lowest BCUT2D eigenvalue weighted by Crippen LogP contribution is -2.30. The smallest absolute Gasteiger partial charge is 0.406 e. The molecule has 3 aromatic carbocycles. The van der Waals surface area contributed by atoms with Gasteiger partial charge in [0.25, 0.3) is 0 Å². The molecule has 0 bridgehead atoms. The molecule has 0 spiro atoms. The minimum absolute atomic E-state index is 0.00444. The summed E-state index contributed by atoms with van der Waals surface area (Å²) in [5.41, 5.74) is 4.43. The summed E-state index contributed by atoms with van der Waals surface area (Å²) in [7, 11) is 0. The van der Waals surface area contributed by atoms with Crippen molar-refractivity contribution in [2.45, 2.75) is 25.5 Å². The molecule has 3 aromatic rings. The van der Waals surface area contributed by atoms with Crippen LogP contribution in [-0.4, -0.2) is 17.8 Å². The highest BCUT2D eigenvalue weighted by Crippen LogP contribution is 2.33. The number of benzene rings is 3. The summed E-state index contributed by atoms with van der Waals surface area (Å²) in [6.45, 7) is 2.12. The second kappa shape index (κ2) is 8.85. The Kier molecular flexibility index (Phi) is 6.19. The van der Waals surface area contributed by atoms with Gasteiger partial charge in [-0.2, -0.15) is 0 Å². The maximum Gasteiger partial charge on any atom is 0.573 e. The molecule has 0 saturated heterocycles. The molecule has 0 aliphatic carbocycles. The molecule has 4 rings (SSSR count). The summed E-state index contributed by atoms with van der Waals surface area (Å²) in [4.78, 5) is 2.35. The Balaban J connectivity index is 1.64. The highest BCUT2D eigenvalue weighted by Gasteiger charge is 2.31. The Hall–Kier alpha value is -2.26. The van der Waals surface area contributed by atoms with E-state index in [9.17, 15) is 13.2 Å². The molecule has 7 heteroatoms. The highest BCUT2D eigenvalue weighted by atomic mass is 127. The molecule has 3 nitrogen and oxygen atoms in total. The van der Waals surface area contributed by atoms with Crippen LogP contribution in [0.5, 0.6) is 5.75 Å². The van der Waals surface area contributed by atoms with Crippen molar-refractivity contribution in [3.8, 4) is 5.75 Å². The standard InChI is InChI=1S/C23H20F3IN2O/c24-23(25,26)30-20-9-6-17(7-10-20)22-13-28-21-11-8-19(27)12-18(21)15-29(22)14-16-4-2-1-3-5-16/h1-12,22,28H,13-15H2. The van der Waals surface area contributed by atoms with E-state index in [4.69, 9.17) is 0 Å². The van der Waals surface area contributed by atoms with Crippen LogP contribution >= 0.6 is 22.6 Å². The van der Waals surface area contributed by atoms with Gasteiger partial charge in [0.1, 0.15) is 5.75 Å². The molecular weight excluding hydrogens is 504 g/mol. The molecule has 1 atom stereocenters. The van der Waals surface area contributed by atoms with E-state index in [0.29, 0.717) is 6.54 Å². The average Bonchev–Trinajstić information content (AvgIpc) is 2.87. The van der Waals surface area contributed by atoms with Gasteiger partial charge in [0.15, 0.2) is 0 Å². The van der Waals surface area contributed by atoms with Crippen molar-refractivity contribution in [1.82, 2.24) is 4.90 Å². The Morgan fingerprint density at radius 1 is 1.00 bits per heavy atom. The Labute approximate surface area is 187 Å². The van der Waals surface area contributed by atoms with E-state index in [0.717, 1.165) is 24.3 Å². The van der Waals surface area contributed by atoms with E-state index in [-0.39, 0.29) is 11.8 Å². The van der Waals surface area contributed by atoms with Crippen LogP contribution in [0.4, 0.5) is 18.9 Å². The number of rotatable bonds is 4. The van der Waals surface area contributed by atoms with E-state index < -0.39 is 6.36 Å². The topological polar surface area (TPSA) is 24.5 Å². The van der Waals surface area contributed by atoms with E-state index >= 15 is 0 Å². The van der Waals surface area contributed by atoms with E-state index in [1.165, 1.54) is 26.8 Å². The SMILES string of the molecule is FC(F)(F)Oc1ccc(C2CNc3ccc(I)cc3CN2Cc2ccccc2)cc1. The zero-order valence-corrected chi connectivity index (χ0v) is 18.2. The largest absolute Gasteiger partial charge is 0.573 e. The van der Waals surface area contributed by atoms with Crippen LogP contribution in [0.25, 0.3) is 0 Å². The first kappa shape index (κ1) is 21.0. The number of halogens is 4. The Morgan fingerprint density at radius 2 is 1.73 bits per heavy atom. The third kappa shape index (κ3) is 5.26. The van der Waals surface area contributed by atoms with Crippen LogP contribution in [0, 0.1) is 3.57 Å². The molecule has 1 aliphatic rings. The molecule has 1 N–H and O–H groups in total. The van der Waals surface area contributed by atoms with Crippen molar-refractivity contribution in [2.75, 3.05) is 11.9 Å². The van der Waals surface area contributed by atoms with Gasteiger partial charge >= 0.3 is 6.36 Å². The molecule has 1 unspecified atom stereocenters. The van der Waals surface area contributed by atoms with Crippen molar-refractivity contribution in [1.29, 1.82) is 0 Å². The fourth-order valence-electron chi connectivity index (χ4n) is 3.73. The van der Waals surface area contributed by atoms with Gasteiger partial charge in [0.05, 0.1) is 6.04 Å². The second-order valence-corrected chi connectivity index (χ2v) is 8.45. The van der Waals surface area contributed by atoms with Crippen LogP contribution in [0.3, 0.4) is 0 Å². The van der Waals surface area contributed by atoms with Gasteiger partial charge in [0, 0.05) is 28.9 Å². The molecule has 156 valence electrons. The summed E-state index contributed by atoms with van der Waals surface area (Å²) in [6, 6.07) is 22.7. The number of fused-ring (bicyclic) bond motifs is 1. The van der Waals surface area contributed by atoms with E-state index in [1.807, 2.05) is 18.2 Å². The Morgan fingerprint density at radius 3 is 2.43 bits per heavy atom. The number of nitrogens with zero attached hydrogens (tertiary/aromatic N) is 1. The first-order chi connectivity index (χ1) is 14.4. The minimum atomic E-state index is -4.69. The third-order valence-corrected chi connectivity index (χ3v) is 5.77. The third-order valence-electron chi connectivity index (χ3n) is 5.09. The van der Waals surface area contributed by atoms with Crippen LogP contribution in [0.1, 0.15) is 22.7 Å². The fraction of sp³-hybridized carbons (Fsp3) is 0.217. The van der Waals surface area contributed by atoms with E-state index in [2.05, 4.69) is 67.9 Å². The quantitative estimate of drug-likeness (QED) is 0.403. The molecule has 0 fully saturated rings. The van der Waals surface area contributed by atoms with Crippen LogP contribution < -0.4 is 10.1 Å². The normalized spacial score (nSPS) is 17.0. The predicted octanol–water partition coefficient (Wildman–Crippen LogP) is 6.36. The van der Waals surface area contributed by atoms with Gasteiger partial charge in [-0.05, 0) is 69.6 Å². The average molecular weight is 524 g/mol. The molecule has 0 saturated carbocycles. The van der Waals surface area contributed by atoms with Crippen molar-refractivity contribution in [2.24, 2.45) is 0 Å². The van der Waals surface area contributed by atoms with Crippen LogP contribution in [0.15, 0.2) is 72.8 Å². The van der Waals surface area contributed by atoms with Crippen molar-refractivity contribution in [3.63, 3.8) is 0 Å². The lowest BCUT2D eigenvalue weighted by atomic mass is 10.0. The zero-order valence-electron chi connectivity index (χ0n) is 16.0. The van der Waals surface area contributed by atoms with Crippen LogP contribution in [-0.2, 0) is 13.1 Å². The number of hydrogen-bond acceptors (Lipinski definition) is 3. The monoisotopic (exact) mass is 524 g/mol. The molecule has 0 radical (unpaired) electrons. The van der Waals surface area contributed by atoms with Gasteiger partial charge in [-0.15, -0.1) is 13.2 Å². The highest BCUT2D eigenvalue weighted by molar-refractivity contribution is 14.1. The van der Waals surface area contributed by atoms with Gasteiger partial charge in [-0.3, -0.25) is 4.90 Å². The van der Waals surface area contributed by atoms with Gasteiger partial charge in [0.2, 0.25) is 0 Å². The first-order valence-corrected chi connectivity index (χ1v) is 10.6. The summed E-state index contributed by atoms with van der Waals surface area (Å²) < 4.78 is 42.7. The molecular formula is C23H20F3IN2O. The fourth-order valence-corrected chi connectivity index (χ4v) is 4.29. The van der Waals surface area contributed by atoms with Gasteiger partial charge in [-0.1, -0.05) is 42.5 Å². The summed E-state index contributed by atoms with van der Waals surface area (Å²) in [5, 5.41) is 3.51. The Bertz CT molecular complexity index is 994. The molecule has 0 amide bonds. The lowest BCUT2D eigenvalue weighted by Gasteiger charge is -2.30. The first-order valence-electron chi connectivity index (χ1n) is 9.53. The second-order valence-electron chi connectivity index (χ2n) is 7.21. The van der Waals surface area contributed by atoms with E-state index in [1.54, 1.807) is 12.1 Å². The minimum Gasteiger partial charge on any atom is -0.406 e. The van der Waals surface area contributed by atoms with Crippen molar-refractivity contribution < 1.29 is 17.9 Å². The summed E-state index contributed by atoms with van der Waals surface area (Å²) in [5.74, 6) is -0.208. The predicted molar refractivity (Wildman–Crippen MR) is 119 cm³/mol. The number of hydrogen-bond donors (Lipinski definition) is 1. The van der Waals surface area contributed by atoms with Crippen molar-refractivity contribution >= 4 is 28.3 Å². The number of nitrogens with one attached hydrogen (secondary N) is 1. The molecule has 1 heterocycles. The maximum atomic E-state index is 12.5.